The number of halogens is 3. The highest BCUT2D eigenvalue weighted by Crippen LogP contribution is 2.37. The summed E-state index contributed by atoms with van der Waals surface area (Å²) in [6, 6.07) is 6.87. The van der Waals surface area contributed by atoms with E-state index in [0.717, 1.165) is 0 Å². The number of carbonyl (C=O) groups is 2. The Hall–Kier alpha value is -2.25. The smallest absolute Gasteiger partial charge is 0.352 e. The van der Waals surface area contributed by atoms with Crippen molar-refractivity contribution in [1.29, 1.82) is 0 Å². The molecule has 1 aliphatic rings. The molecule has 3 atom stereocenters. The zero-order valence-electron chi connectivity index (χ0n) is 15.5. The lowest BCUT2D eigenvalue weighted by molar-refractivity contribution is -0.184. The lowest BCUT2D eigenvalue weighted by Crippen LogP contribution is -2.54. The van der Waals surface area contributed by atoms with Gasteiger partial charge in [-0.15, -0.1) is 0 Å². The van der Waals surface area contributed by atoms with Crippen LogP contribution in [-0.4, -0.2) is 30.2 Å². The summed E-state index contributed by atoms with van der Waals surface area (Å²) in [7, 11) is 0. The first-order chi connectivity index (χ1) is 12.7. The Bertz CT molecular complexity index is 635. The van der Waals surface area contributed by atoms with E-state index in [-0.39, 0.29) is 18.8 Å². The third kappa shape index (κ3) is 6.45. The van der Waals surface area contributed by atoms with Crippen LogP contribution < -0.4 is 16.0 Å². The van der Waals surface area contributed by atoms with Gasteiger partial charge in [0.05, 0.1) is 5.92 Å². The molecule has 0 bridgehead atoms. The monoisotopic (exact) mass is 385 g/mol. The van der Waals surface area contributed by atoms with Crippen molar-refractivity contribution in [2.45, 2.75) is 57.8 Å². The van der Waals surface area contributed by atoms with Gasteiger partial charge in [0.25, 0.3) is 0 Å². The quantitative estimate of drug-likeness (QED) is 0.715. The van der Waals surface area contributed by atoms with Crippen molar-refractivity contribution in [3.8, 4) is 0 Å². The minimum absolute atomic E-state index is 0.0984. The van der Waals surface area contributed by atoms with Gasteiger partial charge in [0.2, 0.25) is 5.91 Å². The Morgan fingerprint density at radius 1 is 1.11 bits per heavy atom. The van der Waals surface area contributed by atoms with E-state index >= 15 is 0 Å². The van der Waals surface area contributed by atoms with Gasteiger partial charge in [-0.2, -0.15) is 13.2 Å². The molecule has 1 aromatic rings. The highest BCUT2D eigenvalue weighted by Gasteiger charge is 2.42. The molecule has 0 spiro atoms. The molecule has 0 aromatic heterocycles. The number of rotatable bonds is 5. The van der Waals surface area contributed by atoms with Crippen LogP contribution in [0.5, 0.6) is 0 Å². The van der Waals surface area contributed by atoms with Crippen LogP contribution in [0.25, 0.3) is 0 Å². The van der Waals surface area contributed by atoms with Crippen molar-refractivity contribution in [2.24, 2.45) is 11.8 Å². The number of hydrogen-bond donors (Lipinski definition) is 3. The van der Waals surface area contributed by atoms with Crippen LogP contribution in [0, 0.1) is 11.8 Å². The minimum atomic E-state index is -4.24. The zero-order chi connectivity index (χ0) is 20.0. The minimum Gasteiger partial charge on any atom is -0.352 e. The van der Waals surface area contributed by atoms with E-state index < -0.39 is 36.1 Å². The molecule has 0 heterocycles. The fourth-order valence-electron chi connectivity index (χ4n) is 3.27. The Morgan fingerprint density at radius 3 is 2.37 bits per heavy atom. The summed E-state index contributed by atoms with van der Waals surface area (Å²) in [4.78, 5) is 24.7. The molecule has 1 fully saturated rings. The van der Waals surface area contributed by atoms with E-state index in [1.807, 2.05) is 6.07 Å². The van der Waals surface area contributed by atoms with Crippen molar-refractivity contribution in [3.05, 3.63) is 30.3 Å². The van der Waals surface area contributed by atoms with Gasteiger partial charge in [0.1, 0.15) is 6.04 Å². The molecular formula is C19H26F3N3O2. The number of hydrogen-bond acceptors (Lipinski definition) is 2. The molecule has 8 heteroatoms. The van der Waals surface area contributed by atoms with E-state index in [1.165, 1.54) is 0 Å². The fourth-order valence-corrected chi connectivity index (χ4v) is 3.27. The predicted molar refractivity (Wildman–Crippen MR) is 97.2 cm³/mol. The number of benzene rings is 1. The van der Waals surface area contributed by atoms with Gasteiger partial charge >= 0.3 is 12.2 Å². The average Bonchev–Trinajstić information content (AvgIpc) is 2.59. The summed E-state index contributed by atoms with van der Waals surface area (Å²) in [6.45, 7) is 3.54. The van der Waals surface area contributed by atoms with Crippen LogP contribution >= 0.6 is 0 Å². The van der Waals surface area contributed by atoms with Gasteiger partial charge in [-0.1, -0.05) is 38.5 Å². The standard InChI is InChI=1S/C19H26F3N3O2/c1-12(2)16(25-18(27)24-14-8-4-3-5-9-14)17(26)23-15-10-6-7-13(11-15)19(20,21)22/h3-5,8-9,12-13,15-16H,6-7,10-11H2,1-2H3,(H,23,26)(H2,24,25,27). The average molecular weight is 385 g/mol. The van der Waals surface area contributed by atoms with Gasteiger partial charge in [-0.05, 0) is 37.3 Å². The first-order valence-corrected chi connectivity index (χ1v) is 9.16. The van der Waals surface area contributed by atoms with Gasteiger partial charge in [-0.25, -0.2) is 4.79 Å². The summed E-state index contributed by atoms with van der Waals surface area (Å²) in [5, 5.41) is 7.94. The molecule has 1 saturated carbocycles. The Morgan fingerprint density at radius 2 is 1.78 bits per heavy atom. The topological polar surface area (TPSA) is 70.2 Å². The zero-order valence-corrected chi connectivity index (χ0v) is 15.5. The highest BCUT2D eigenvalue weighted by atomic mass is 19.4. The number of para-hydroxylation sites is 1. The molecule has 150 valence electrons. The summed E-state index contributed by atoms with van der Waals surface area (Å²) in [5.74, 6) is -2.06. The van der Waals surface area contributed by atoms with Crippen LogP contribution in [0.15, 0.2) is 30.3 Å². The molecule has 3 unspecified atom stereocenters. The Kier molecular flexibility index (Phi) is 7.10. The lowest BCUT2D eigenvalue weighted by atomic mass is 9.85. The molecule has 3 amide bonds. The Balaban J connectivity index is 1.93. The number of amides is 3. The molecule has 0 aliphatic heterocycles. The maximum atomic E-state index is 12.9. The van der Waals surface area contributed by atoms with Gasteiger partial charge in [-0.3, -0.25) is 4.79 Å². The van der Waals surface area contributed by atoms with Crippen LogP contribution in [0.3, 0.4) is 0 Å². The summed E-state index contributed by atoms with van der Waals surface area (Å²) < 4.78 is 38.8. The second-order valence-corrected chi connectivity index (χ2v) is 7.30. The number of carbonyl (C=O) groups excluding carboxylic acids is 2. The fraction of sp³-hybridized carbons (Fsp3) is 0.579. The van der Waals surface area contributed by atoms with E-state index in [1.54, 1.807) is 38.1 Å². The van der Waals surface area contributed by atoms with Gasteiger partial charge < -0.3 is 16.0 Å². The number of alkyl halides is 3. The normalized spacial score (nSPS) is 21.4. The number of anilines is 1. The van der Waals surface area contributed by atoms with Crippen molar-refractivity contribution in [1.82, 2.24) is 10.6 Å². The van der Waals surface area contributed by atoms with Crippen molar-refractivity contribution in [3.63, 3.8) is 0 Å². The molecule has 1 aromatic carbocycles. The largest absolute Gasteiger partial charge is 0.391 e. The molecule has 2 rings (SSSR count). The third-order valence-corrected chi connectivity index (χ3v) is 4.75. The predicted octanol–water partition coefficient (Wildman–Crippen LogP) is 4.07. The summed E-state index contributed by atoms with van der Waals surface area (Å²) in [6.07, 6.45) is -3.32. The summed E-state index contributed by atoms with van der Waals surface area (Å²) in [5.41, 5.74) is 0.582. The van der Waals surface area contributed by atoms with Crippen LogP contribution in [0.4, 0.5) is 23.7 Å². The van der Waals surface area contributed by atoms with Gasteiger partial charge in [0.15, 0.2) is 0 Å². The lowest BCUT2D eigenvalue weighted by Gasteiger charge is -2.32. The van der Waals surface area contributed by atoms with Crippen molar-refractivity contribution in [2.75, 3.05) is 5.32 Å². The molecule has 5 nitrogen and oxygen atoms in total. The van der Waals surface area contributed by atoms with E-state index in [0.29, 0.717) is 18.5 Å². The third-order valence-electron chi connectivity index (χ3n) is 4.75. The molecular weight excluding hydrogens is 359 g/mol. The second-order valence-electron chi connectivity index (χ2n) is 7.30. The highest BCUT2D eigenvalue weighted by molar-refractivity contribution is 5.93. The second kappa shape index (κ2) is 9.10. The Labute approximate surface area is 157 Å². The SMILES string of the molecule is CC(C)C(NC(=O)Nc1ccccc1)C(=O)NC1CCCC(C(F)(F)F)C1. The van der Waals surface area contributed by atoms with Gasteiger partial charge in [0, 0.05) is 11.7 Å². The van der Waals surface area contributed by atoms with Crippen molar-refractivity contribution >= 4 is 17.6 Å². The van der Waals surface area contributed by atoms with Crippen LogP contribution in [0.2, 0.25) is 0 Å². The van der Waals surface area contributed by atoms with Crippen LogP contribution in [0.1, 0.15) is 39.5 Å². The first kappa shape index (κ1) is 21.1. The first-order valence-electron chi connectivity index (χ1n) is 9.16. The summed E-state index contributed by atoms with van der Waals surface area (Å²) >= 11 is 0. The van der Waals surface area contributed by atoms with E-state index in [4.69, 9.17) is 0 Å². The van der Waals surface area contributed by atoms with Crippen LogP contribution in [-0.2, 0) is 4.79 Å². The maximum absolute atomic E-state index is 12.9. The van der Waals surface area contributed by atoms with E-state index in [9.17, 15) is 22.8 Å². The van der Waals surface area contributed by atoms with Crippen molar-refractivity contribution < 1.29 is 22.8 Å². The number of urea groups is 1. The molecule has 1 aliphatic carbocycles. The molecule has 0 radical (unpaired) electrons. The molecule has 3 N–H and O–H groups in total. The molecule has 27 heavy (non-hydrogen) atoms. The number of nitrogens with one attached hydrogen (secondary N) is 3. The maximum Gasteiger partial charge on any atom is 0.391 e. The van der Waals surface area contributed by atoms with E-state index in [2.05, 4.69) is 16.0 Å². The molecule has 0 saturated heterocycles.